The lowest BCUT2D eigenvalue weighted by Gasteiger charge is -2.13. The van der Waals surface area contributed by atoms with Crippen LogP contribution in [-0.2, 0) is 0 Å². The molecule has 262 valence electrons. The first-order valence-corrected chi connectivity index (χ1v) is 18.8. The van der Waals surface area contributed by atoms with E-state index < -0.39 is 0 Å². The van der Waals surface area contributed by atoms with Gasteiger partial charge in [-0.05, 0) is 60.7 Å². The monoisotopic (exact) mass is 717 g/mol. The lowest BCUT2D eigenvalue weighted by molar-refractivity contribution is 0.673. The van der Waals surface area contributed by atoms with Gasteiger partial charge in [-0.15, -0.1) is 5.10 Å². The van der Waals surface area contributed by atoms with Crippen LogP contribution in [0.5, 0.6) is 0 Å². The molecule has 0 atom stereocenters. The molecule has 0 spiro atoms. The first-order chi connectivity index (χ1) is 27.8. The molecule has 0 aliphatic heterocycles. The number of rotatable bonds is 5. The third kappa shape index (κ3) is 4.44. The molecule has 0 amide bonds. The summed E-state index contributed by atoms with van der Waals surface area (Å²) in [6.45, 7) is 0. The normalized spacial score (nSPS) is 11.9. The van der Waals surface area contributed by atoms with Crippen LogP contribution in [0.4, 0.5) is 0 Å². The lowest BCUT2D eigenvalue weighted by atomic mass is 10.0. The average molecular weight is 718 g/mol. The third-order valence-corrected chi connectivity index (χ3v) is 11.2. The van der Waals surface area contributed by atoms with E-state index >= 15 is 0 Å². The summed E-state index contributed by atoms with van der Waals surface area (Å²) < 4.78 is 13.3. The van der Waals surface area contributed by atoms with Crippen LogP contribution in [0.25, 0.3) is 105 Å². The van der Waals surface area contributed by atoms with Gasteiger partial charge >= 0.3 is 0 Å². The van der Waals surface area contributed by atoms with Gasteiger partial charge in [0.25, 0.3) is 0 Å². The van der Waals surface area contributed by atoms with Crippen LogP contribution in [0.15, 0.2) is 192 Å². The highest BCUT2D eigenvalue weighted by Gasteiger charge is 2.22. The van der Waals surface area contributed by atoms with Gasteiger partial charge < -0.3 is 13.6 Å². The minimum atomic E-state index is 0.844. The Labute approximate surface area is 320 Å². The van der Waals surface area contributed by atoms with Crippen molar-refractivity contribution in [2.45, 2.75) is 0 Å². The molecule has 0 N–H and O–H groups in total. The van der Waals surface area contributed by atoms with Gasteiger partial charge in [0, 0.05) is 49.4 Å². The summed E-state index contributed by atoms with van der Waals surface area (Å²) in [6, 6.07) is 66.2. The zero-order valence-corrected chi connectivity index (χ0v) is 30.0. The second kappa shape index (κ2) is 11.9. The number of aromatic nitrogens is 5. The van der Waals surface area contributed by atoms with E-state index in [0.717, 1.165) is 94.4 Å². The van der Waals surface area contributed by atoms with Crippen LogP contribution in [-0.4, -0.2) is 24.1 Å². The number of para-hydroxylation sites is 3. The molecule has 0 aliphatic carbocycles. The van der Waals surface area contributed by atoms with Gasteiger partial charge in [0.1, 0.15) is 22.6 Å². The van der Waals surface area contributed by atoms with Crippen molar-refractivity contribution in [1.29, 1.82) is 0 Å². The van der Waals surface area contributed by atoms with E-state index in [-0.39, 0.29) is 0 Å². The minimum Gasteiger partial charge on any atom is -0.455 e. The number of furan rings is 1. The summed E-state index contributed by atoms with van der Waals surface area (Å²) in [5, 5.41) is 16.5. The van der Waals surface area contributed by atoms with E-state index in [1.165, 1.54) is 10.8 Å². The van der Waals surface area contributed by atoms with Gasteiger partial charge in [0.15, 0.2) is 0 Å². The van der Waals surface area contributed by atoms with Crippen LogP contribution in [0, 0.1) is 0 Å². The topological polar surface area (TPSA) is 53.7 Å². The molecule has 56 heavy (non-hydrogen) atoms. The molecule has 0 saturated carbocycles. The van der Waals surface area contributed by atoms with Gasteiger partial charge in [0.2, 0.25) is 0 Å². The molecular weight excluding hydrogens is 687 g/mol. The fourth-order valence-electron chi connectivity index (χ4n) is 8.76. The number of hydrogen-bond donors (Lipinski definition) is 0. The highest BCUT2D eigenvalue weighted by Crippen LogP contribution is 2.42. The van der Waals surface area contributed by atoms with E-state index in [1.807, 2.05) is 35.0 Å². The highest BCUT2D eigenvalue weighted by molar-refractivity contribution is 6.23. The summed E-state index contributed by atoms with van der Waals surface area (Å²) in [4.78, 5) is 0. The maximum absolute atomic E-state index is 6.58. The molecule has 0 bridgehead atoms. The molecule has 12 rings (SSSR count). The van der Waals surface area contributed by atoms with E-state index in [4.69, 9.17) is 14.7 Å². The maximum atomic E-state index is 6.58. The van der Waals surface area contributed by atoms with Gasteiger partial charge in [-0.25, -0.2) is 4.68 Å². The first kappa shape index (κ1) is 30.7. The smallest absolute Gasteiger partial charge is 0.145 e. The Kier molecular flexibility index (Phi) is 6.53. The zero-order valence-electron chi connectivity index (χ0n) is 30.0. The Balaban J connectivity index is 1.08. The molecule has 0 radical (unpaired) electrons. The van der Waals surface area contributed by atoms with E-state index in [1.54, 1.807) is 0 Å². The molecule has 0 unspecified atom stereocenters. The van der Waals surface area contributed by atoms with Crippen molar-refractivity contribution in [3.63, 3.8) is 0 Å². The second-order valence-corrected chi connectivity index (χ2v) is 14.3. The van der Waals surface area contributed by atoms with Gasteiger partial charge in [-0.2, -0.15) is 0 Å². The summed E-state index contributed by atoms with van der Waals surface area (Å²) in [5.74, 6) is 0. The Bertz CT molecular complexity index is 3480. The fourth-order valence-corrected chi connectivity index (χ4v) is 8.76. The first-order valence-electron chi connectivity index (χ1n) is 18.8. The van der Waals surface area contributed by atoms with E-state index in [9.17, 15) is 0 Å². The van der Waals surface area contributed by atoms with Gasteiger partial charge in [-0.1, -0.05) is 133 Å². The van der Waals surface area contributed by atoms with E-state index in [0.29, 0.717) is 0 Å². The SMILES string of the molecule is c1ccc(-c2nnn(-c3ccc4c5ccccc5n(-c5cccc(-n6c7ccccc7c7c8oc9ccccc9c8ccc76)c5)c4c3)c2-c2ccccc2)cc1. The van der Waals surface area contributed by atoms with Crippen molar-refractivity contribution in [1.82, 2.24) is 24.1 Å². The van der Waals surface area contributed by atoms with Crippen molar-refractivity contribution in [2.75, 3.05) is 0 Å². The summed E-state index contributed by atoms with van der Waals surface area (Å²) >= 11 is 0. The molecule has 0 aliphatic rings. The van der Waals surface area contributed by atoms with Crippen LogP contribution in [0.2, 0.25) is 0 Å². The molecule has 8 aromatic carbocycles. The number of benzene rings is 8. The molecule has 12 aromatic rings. The van der Waals surface area contributed by atoms with Crippen LogP contribution < -0.4 is 0 Å². The molecule has 4 aromatic heterocycles. The lowest BCUT2D eigenvalue weighted by Crippen LogP contribution is -2.01. The molecular formula is C50H31N5O. The Morgan fingerprint density at radius 3 is 1.79 bits per heavy atom. The number of fused-ring (bicyclic) bond motifs is 10. The number of hydrogen-bond acceptors (Lipinski definition) is 3. The summed E-state index contributed by atoms with van der Waals surface area (Å²) in [5.41, 5.74) is 13.2. The Morgan fingerprint density at radius 2 is 1.00 bits per heavy atom. The molecule has 4 heterocycles. The minimum absolute atomic E-state index is 0.844. The van der Waals surface area contributed by atoms with Crippen molar-refractivity contribution in [3.8, 4) is 39.6 Å². The van der Waals surface area contributed by atoms with Crippen molar-refractivity contribution >= 4 is 65.6 Å². The van der Waals surface area contributed by atoms with Gasteiger partial charge in [0.05, 0.1) is 33.1 Å². The second-order valence-electron chi connectivity index (χ2n) is 14.3. The van der Waals surface area contributed by atoms with Gasteiger partial charge in [-0.3, -0.25) is 0 Å². The summed E-state index contributed by atoms with van der Waals surface area (Å²) in [7, 11) is 0. The highest BCUT2D eigenvalue weighted by atomic mass is 16.3. The predicted molar refractivity (Wildman–Crippen MR) is 228 cm³/mol. The third-order valence-electron chi connectivity index (χ3n) is 11.2. The quantitative estimate of drug-likeness (QED) is 0.178. The fraction of sp³-hybridized carbons (Fsp3) is 0. The molecule has 0 saturated heterocycles. The van der Waals surface area contributed by atoms with Crippen LogP contribution in [0.3, 0.4) is 0 Å². The van der Waals surface area contributed by atoms with Crippen molar-refractivity contribution in [2.24, 2.45) is 0 Å². The molecule has 6 heteroatoms. The predicted octanol–water partition coefficient (Wildman–Crippen LogP) is 12.7. The number of nitrogens with zero attached hydrogens (tertiary/aromatic N) is 5. The zero-order chi connectivity index (χ0) is 36.7. The maximum Gasteiger partial charge on any atom is 0.145 e. The van der Waals surface area contributed by atoms with Crippen molar-refractivity contribution < 1.29 is 4.42 Å². The van der Waals surface area contributed by atoms with Crippen molar-refractivity contribution in [3.05, 3.63) is 188 Å². The van der Waals surface area contributed by atoms with Crippen LogP contribution in [0.1, 0.15) is 0 Å². The molecule has 6 nitrogen and oxygen atoms in total. The van der Waals surface area contributed by atoms with E-state index in [2.05, 4.69) is 167 Å². The standard InChI is InChI=1S/C50H31N5O/c1-3-14-32(15-4-1)48-49(33-16-5-2-6-17-33)55(52-51-48)36-26-27-38-37-20-7-10-23-42(37)54(45(38)31-36)35-19-13-18-34(30-35)53-43-24-11-8-22-41(43)47-44(53)29-28-40-39-21-9-12-25-46(39)56-50(40)47/h1-31H. The average Bonchev–Trinajstić information content (AvgIpc) is 4.03. The Hall–Kier alpha value is -7.70. The Morgan fingerprint density at radius 1 is 0.393 bits per heavy atom. The summed E-state index contributed by atoms with van der Waals surface area (Å²) in [6.07, 6.45) is 0. The largest absolute Gasteiger partial charge is 0.455 e. The van der Waals surface area contributed by atoms with Crippen LogP contribution >= 0.6 is 0 Å². The molecule has 0 fully saturated rings.